The SMILES string of the molecule is CNc1nc(-c2ccc(OC)c(F)c2)c(Cl)cc1Cl. The van der Waals surface area contributed by atoms with Crippen molar-refractivity contribution in [1.82, 2.24) is 4.98 Å². The van der Waals surface area contributed by atoms with Gasteiger partial charge in [-0.1, -0.05) is 23.2 Å². The van der Waals surface area contributed by atoms with Gasteiger partial charge in [0, 0.05) is 12.6 Å². The summed E-state index contributed by atoms with van der Waals surface area (Å²) in [4.78, 5) is 4.27. The Labute approximate surface area is 120 Å². The summed E-state index contributed by atoms with van der Waals surface area (Å²) in [6, 6.07) is 6.10. The Morgan fingerprint density at radius 3 is 2.53 bits per heavy atom. The largest absolute Gasteiger partial charge is 0.494 e. The van der Waals surface area contributed by atoms with E-state index < -0.39 is 5.82 Å². The van der Waals surface area contributed by atoms with E-state index in [9.17, 15) is 4.39 Å². The number of hydrogen-bond donors (Lipinski definition) is 1. The summed E-state index contributed by atoms with van der Waals surface area (Å²) in [5, 5.41) is 3.61. The molecule has 19 heavy (non-hydrogen) atoms. The van der Waals surface area contributed by atoms with Crippen LogP contribution in [0.2, 0.25) is 10.0 Å². The van der Waals surface area contributed by atoms with Crippen LogP contribution in [0, 0.1) is 5.82 Å². The van der Waals surface area contributed by atoms with Crippen molar-refractivity contribution in [3.63, 3.8) is 0 Å². The third-order valence-electron chi connectivity index (χ3n) is 2.59. The van der Waals surface area contributed by atoms with Gasteiger partial charge in [-0.3, -0.25) is 0 Å². The third-order valence-corrected chi connectivity index (χ3v) is 3.17. The Balaban J connectivity index is 2.55. The minimum atomic E-state index is -0.473. The van der Waals surface area contributed by atoms with E-state index in [2.05, 4.69) is 10.3 Å². The fourth-order valence-electron chi connectivity index (χ4n) is 1.66. The molecule has 0 unspecified atom stereocenters. The molecule has 2 aromatic rings. The number of benzene rings is 1. The van der Waals surface area contributed by atoms with E-state index >= 15 is 0 Å². The molecule has 1 aromatic carbocycles. The van der Waals surface area contributed by atoms with Gasteiger partial charge < -0.3 is 10.1 Å². The number of ether oxygens (including phenoxy) is 1. The van der Waals surface area contributed by atoms with Crippen LogP contribution >= 0.6 is 23.2 Å². The topological polar surface area (TPSA) is 34.2 Å². The van der Waals surface area contributed by atoms with E-state index in [0.29, 0.717) is 27.1 Å². The molecule has 1 aromatic heterocycles. The van der Waals surface area contributed by atoms with Gasteiger partial charge in [0.05, 0.1) is 22.8 Å². The van der Waals surface area contributed by atoms with Crippen molar-refractivity contribution in [3.8, 4) is 17.0 Å². The number of hydrogen-bond acceptors (Lipinski definition) is 3. The lowest BCUT2D eigenvalue weighted by Gasteiger charge is -2.10. The first kappa shape index (κ1) is 13.9. The number of nitrogens with one attached hydrogen (secondary N) is 1. The zero-order valence-electron chi connectivity index (χ0n) is 10.3. The molecule has 1 N–H and O–H groups in total. The lowest BCUT2D eigenvalue weighted by atomic mass is 10.1. The summed E-state index contributed by atoms with van der Waals surface area (Å²) in [6.45, 7) is 0. The molecule has 0 aliphatic heterocycles. The van der Waals surface area contributed by atoms with Gasteiger partial charge in [-0.15, -0.1) is 0 Å². The number of aromatic nitrogens is 1. The number of halogens is 3. The van der Waals surface area contributed by atoms with Gasteiger partial charge in [0.15, 0.2) is 11.6 Å². The zero-order chi connectivity index (χ0) is 14.0. The van der Waals surface area contributed by atoms with Gasteiger partial charge in [0.2, 0.25) is 0 Å². The molecule has 0 spiro atoms. The summed E-state index contributed by atoms with van der Waals surface area (Å²) in [6.07, 6.45) is 0. The molecular formula is C13H11Cl2FN2O. The van der Waals surface area contributed by atoms with Crippen LogP contribution in [0.25, 0.3) is 11.3 Å². The van der Waals surface area contributed by atoms with Crippen molar-refractivity contribution < 1.29 is 9.13 Å². The first-order valence-electron chi connectivity index (χ1n) is 5.44. The van der Waals surface area contributed by atoms with E-state index in [-0.39, 0.29) is 5.75 Å². The minimum absolute atomic E-state index is 0.169. The van der Waals surface area contributed by atoms with E-state index in [1.165, 1.54) is 19.2 Å². The maximum absolute atomic E-state index is 13.7. The molecule has 0 aliphatic rings. The van der Waals surface area contributed by atoms with Crippen LogP contribution in [-0.2, 0) is 0 Å². The van der Waals surface area contributed by atoms with Crippen LogP contribution < -0.4 is 10.1 Å². The van der Waals surface area contributed by atoms with Crippen molar-refractivity contribution in [2.75, 3.05) is 19.5 Å². The van der Waals surface area contributed by atoms with E-state index in [0.717, 1.165) is 0 Å². The average Bonchev–Trinajstić information content (AvgIpc) is 2.39. The summed E-state index contributed by atoms with van der Waals surface area (Å²) >= 11 is 12.1. The summed E-state index contributed by atoms with van der Waals surface area (Å²) in [7, 11) is 3.10. The molecule has 1 heterocycles. The van der Waals surface area contributed by atoms with Crippen LogP contribution in [-0.4, -0.2) is 19.1 Å². The summed E-state index contributed by atoms with van der Waals surface area (Å²) < 4.78 is 18.6. The fourth-order valence-corrected chi connectivity index (χ4v) is 2.22. The Bertz CT molecular complexity index is 620. The third kappa shape index (κ3) is 2.74. The Morgan fingerprint density at radius 1 is 1.21 bits per heavy atom. The number of methoxy groups -OCH3 is 1. The van der Waals surface area contributed by atoms with Crippen LogP contribution in [0.15, 0.2) is 24.3 Å². The zero-order valence-corrected chi connectivity index (χ0v) is 11.8. The number of pyridine rings is 1. The maximum atomic E-state index is 13.7. The van der Waals surface area contributed by atoms with Gasteiger partial charge in [-0.25, -0.2) is 9.37 Å². The Hall–Kier alpha value is -1.52. The van der Waals surface area contributed by atoms with E-state index in [4.69, 9.17) is 27.9 Å². The Kier molecular flexibility index (Phi) is 4.12. The highest BCUT2D eigenvalue weighted by atomic mass is 35.5. The maximum Gasteiger partial charge on any atom is 0.165 e. The fraction of sp³-hybridized carbons (Fsp3) is 0.154. The van der Waals surface area contributed by atoms with E-state index in [1.807, 2.05) is 0 Å². The molecule has 0 bridgehead atoms. The molecule has 0 atom stereocenters. The van der Waals surface area contributed by atoms with Crippen molar-refractivity contribution in [1.29, 1.82) is 0 Å². The normalized spacial score (nSPS) is 10.4. The van der Waals surface area contributed by atoms with Crippen molar-refractivity contribution in [2.24, 2.45) is 0 Å². The second-order valence-electron chi connectivity index (χ2n) is 3.75. The summed E-state index contributed by atoms with van der Waals surface area (Å²) in [5.41, 5.74) is 1.01. The van der Waals surface area contributed by atoms with Gasteiger partial charge in [-0.2, -0.15) is 0 Å². The van der Waals surface area contributed by atoms with Gasteiger partial charge in [0.25, 0.3) is 0 Å². The molecule has 100 valence electrons. The van der Waals surface area contributed by atoms with Crippen LogP contribution in [0.3, 0.4) is 0 Å². The molecule has 0 radical (unpaired) electrons. The van der Waals surface area contributed by atoms with Crippen molar-refractivity contribution in [2.45, 2.75) is 0 Å². The predicted molar refractivity (Wildman–Crippen MR) is 75.7 cm³/mol. The second-order valence-corrected chi connectivity index (χ2v) is 4.56. The van der Waals surface area contributed by atoms with Gasteiger partial charge in [-0.05, 0) is 24.3 Å². The standard InChI is InChI=1S/C13H11Cl2FN2O/c1-17-13-9(15)6-8(14)12(18-13)7-3-4-11(19-2)10(16)5-7/h3-6H,1-2H3,(H,17,18). The molecule has 0 amide bonds. The highest BCUT2D eigenvalue weighted by Crippen LogP contribution is 2.33. The number of rotatable bonds is 3. The first-order valence-corrected chi connectivity index (χ1v) is 6.20. The highest BCUT2D eigenvalue weighted by molar-refractivity contribution is 6.37. The first-order chi connectivity index (χ1) is 9.06. The monoisotopic (exact) mass is 300 g/mol. The molecule has 0 aliphatic carbocycles. The average molecular weight is 301 g/mol. The van der Waals surface area contributed by atoms with Crippen LogP contribution in [0.1, 0.15) is 0 Å². The quantitative estimate of drug-likeness (QED) is 0.920. The Morgan fingerprint density at radius 2 is 1.95 bits per heavy atom. The smallest absolute Gasteiger partial charge is 0.165 e. The minimum Gasteiger partial charge on any atom is -0.494 e. The lowest BCUT2D eigenvalue weighted by Crippen LogP contribution is -1.97. The lowest BCUT2D eigenvalue weighted by molar-refractivity contribution is 0.386. The summed E-state index contributed by atoms with van der Waals surface area (Å²) in [5.74, 6) is 0.179. The highest BCUT2D eigenvalue weighted by Gasteiger charge is 2.12. The van der Waals surface area contributed by atoms with Crippen LogP contribution in [0.4, 0.5) is 10.2 Å². The molecular weight excluding hydrogens is 290 g/mol. The van der Waals surface area contributed by atoms with Crippen molar-refractivity contribution >= 4 is 29.0 Å². The number of anilines is 1. The molecule has 0 saturated heterocycles. The number of nitrogens with zero attached hydrogens (tertiary/aromatic N) is 1. The molecule has 0 saturated carbocycles. The van der Waals surface area contributed by atoms with Crippen LogP contribution in [0.5, 0.6) is 5.75 Å². The van der Waals surface area contributed by atoms with Gasteiger partial charge >= 0.3 is 0 Å². The molecule has 3 nitrogen and oxygen atoms in total. The molecule has 2 rings (SSSR count). The molecule has 0 fully saturated rings. The van der Waals surface area contributed by atoms with Crippen molar-refractivity contribution in [3.05, 3.63) is 40.1 Å². The van der Waals surface area contributed by atoms with Gasteiger partial charge in [0.1, 0.15) is 5.82 Å². The second kappa shape index (κ2) is 5.63. The van der Waals surface area contributed by atoms with E-state index in [1.54, 1.807) is 19.2 Å². The predicted octanol–water partition coefficient (Wildman–Crippen LogP) is 4.24. The molecule has 6 heteroatoms.